The minimum Gasteiger partial charge on any atom is -0.386 e. The van der Waals surface area contributed by atoms with Crippen LogP contribution in [-0.2, 0) is 5.60 Å². The normalized spacial score (nSPS) is 27.2. The van der Waals surface area contributed by atoms with Crippen molar-refractivity contribution in [1.82, 2.24) is 9.80 Å². The summed E-state index contributed by atoms with van der Waals surface area (Å²) in [5, 5.41) is 10.1. The van der Waals surface area contributed by atoms with Crippen molar-refractivity contribution in [1.29, 1.82) is 0 Å². The van der Waals surface area contributed by atoms with Crippen LogP contribution in [-0.4, -0.2) is 65.1 Å². The number of benzene rings is 1. The molecule has 0 radical (unpaired) electrons. The van der Waals surface area contributed by atoms with Crippen molar-refractivity contribution in [2.24, 2.45) is 4.99 Å². The summed E-state index contributed by atoms with van der Waals surface area (Å²) >= 11 is 0. The number of halogens is 3. The Bertz CT molecular complexity index is 872. The Morgan fingerprint density at radius 1 is 1.16 bits per heavy atom. The van der Waals surface area contributed by atoms with Crippen molar-refractivity contribution in [3.8, 4) is 0 Å². The highest BCUT2D eigenvalue weighted by atomic mass is 19.3. The van der Waals surface area contributed by atoms with E-state index in [1.54, 1.807) is 32.2 Å². The highest BCUT2D eigenvalue weighted by Crippen LogP contribution is 2.37. The standard InChI is InChI=1S/C24H33F3N4O/c1-17-16-29(21-6-5-18(15-20(21)25)23(2,3)32)13-14-30(17)22-28-11-4-12-31(22)19-7-9-24(26,27)10-8-19/h4-6,11-12,15,17,19,22,32H,7-10,13-14,16H2,1-3H3/t17-,22?/m1/s1. The monoisotopic (exact) mass is 450 g/mol. The van der Waals surface area contributed by atoms with Crippen LogP contribution in [0.25, 0.3) is 0 Å². The maximum atomic E-state index is 14.8. The molecule has 2 atom stereocenters. The number of hydrogen-bond donors (Lipinski definition) is 1. The van der Waals surface area contributed by atoms with Gasteiger partial charge in [0, 0.05) is 57.0 Å². The molecule has 3 aliphatic rings. The van der Waals surface area contributed by atoms with Crippen LogP contribution < -0.4 is 4.90 Å². The fourth-order valence-corrected chi connectivity index (χ4v) is 4.99. The Kier molecular flexibility index (Phi) is 6.29. The van der Waals surface area contributed by atoms with E-state index in [0.29, 0.717) is 43.7 Å². The average Bonchev–Trinajstić information content (AvgIpc) is 2.73. The molecule has 1 unspecified atom stereocenters. The molecule has 2 heterocycles. The number of allylic oxidation sites excluding steroid dienone is 1. The van der Waals surface area contributed by atoms with E-state index in [2.05, 4.69) is 21.7 Å². The second-order valence-electron chi connectivity index (χ2n) is 9.78. The van der Waals surface area contributed by atoms with Crippen molar-refractivity contribution in [2.75, 3.05) is 24.5 Å². The van der Waals surface area contributed by atoms with Gasteiger partial charge in [0.15, 0.2) is 6.29 Å². The molecule has 1 aromatic carbocycles. The number of rotatable bonds is 4. The molecule has 2 fully saturated rings. The van der Waals surface area contributed by atoms with E-state index < -0.39 is 11.5 Å². The van der Waals surface area contributed by atoms with E-state index in [4.69, 9.17) is 0 Å². The van der Waals surface area contributed by atoms with E-state index >= 15 is 0 Å². The Balaban J connectivity index is 1.45. The summed E-state index contributed by atoms with van der Waals surface area (Å²) in [6.07, 6.45) is 6.13. The number of alkyl halides is 2. The van der Waals surface area contributed by atoms with Gasteiger partial charge in [-0.3, -0.25) is 9.89 Å². The minimum atomic E-state index is -2.56. The highest BCUT2D eigenvalue weighted by Gasteiger charge is 2.40. The quantitative estimate of drug-likeness (QED) is 0.742. The van der Waals surface area contributed by atoms with Crippen LogP contribution in [0.1, 0.15) is 52.0 Å². The zero-order valence-electron chi connectivity index (χ0n) is 19.0. The molecule has 0 spiro atoms. The molecule has 1 N–H and O–H groups in total. The lowest BCUT2D eigenvalue weighted by molar-refractivity contribution is -0.0653. The second kappa shape index (κ2) is 8.71. The molecule has 2 aliphatic heterocycles. The van der Waals surface area contributed by atoms with Crippen LogP contribution in [0.3, 0.4) is 0 Å². The predicted octanol–water partition coefficient (Wildman–Crippen LogP) is 4.33. The third-order valence-electron chi connectivity index (χ3n) is 6.91. The maximum absolute atomic E-state index is 14.8. The Labute approximate surface area is 188 Å². The molecule has 1 aromatic rings. The Morgan fingerprint density at radius 3 is 2.50 bits per heavy atom. The number of hydrogen-bond acceptors (Lipinski definition) is 5. The van der Waals surface area contributed by atoms with E-state index in [-0.39, 0.29) is 37.0 Å². The van der Waals surface area contributed by atoms with Gasteiger partial charge in [0.1, 0.15) is 5.82 Å². The van der Waals surface area contributed by atoms with Gasteiger partial charge in [-0.25, -0.2) is 13.2 Å². The summed E-state index contributed by atoms with van der Waals surface area (Å²) in [5.41, 5.74) is -0.0184. The summed E-state index contributed by atoms with van der Waals surface area (Å²) in [4.78, 5) is 11.1. The molecule has 8 heteroatoms. The fraction of sp³-hybridized carbons (Fsp3) is 0.625. The highest BCUT2D eigenvalue weighted by molar-refractivity contribution is 5.71. The first-order valence-corrected chi connectivity index (χ1v) is 11.4. The number of piperazine rings is 1. The van der Waals surface area contributed by atoms with E-state index in [1.807, 2.05) is 17.2 Å². The third kappa shape index (κ3) is 4.81. The molecular weight excluding hydrogens is 417 g/mol. The zero-order chi connectivity index (χ0) is 23.1. The van der Waals surface area contributed by atoms with Crippen molar-refractivity contribution in [3.05, 3.63) is 41.9 Å². The van der Waals surface area contributed by atoms with Gasteiger partial charge >= 0.3 is 0 Å². The van der Waals surface area contributed by atoms with Crippen LogP contribution in [0.15, 0.2) is 35.5 Å². The number of nitrogens with zero attached hydrogens (tertiary/aromatic N) is 4. The summed E-state index contributed by atoms with van der Waals surface area (Å²) in [6.45, 7) is 7.32. The van der Waals surface area contributed by atoms with Gasteiger partial charge in [-0.15, -0.1) is 0 Å². The van der Waals surface area contributed by atoms with Crippen LogP contribution in [0.2, 0.25) is 0 Å². The van der Waals surface area contributed by atoms with Gasteiger partial charge < -0.3 is 14.9 Å². The summed E-state index contributed by atoms with van der Waals surface area (Å²) in [7, 11) is 0. The second-order valence-corrected chi connectivity index (χ2v) is 9.78. The summed E-state index contributed by atoms with van der Waals surface area (Å²) in [6, 6.07) is 5.06. The SMILES string of the molecule is C[C@@H]1CN(c2ccc(C(C)(C)O)cc2F)CCN1C1N=CC=CN1C1CCC(F)(F)CC1. The van der Waals surface area contributed by atoms with Gasteiger partial charge in [0.05, 0.1) is 11.3 Å². The molecule has 0 bridgehead atoms. The number of anilines is 1. The lowest BCUT2D eigenvalue weighted by Crippen LogP contribution is -2.60. The molecule has 1 aliphatic carbocycles. The molecule has 5 nitrogen and oxygen atoms in total. The number of aliphatic imine (C=N–C) groups is 1. The lowest BCUT2D eigenvalue weighted by Gasteiger charge is -2.49. The Morgan fingerprint density at radius 2 is 1.88 bits per heavy atom. The zero-order valence-corrected chi connectivity index (χ0v) is 19.0. The lowest BCUT2D eigenvalue weighted by atomic mass is 9.91. The predicted molar refractivity (Wildman–Crippen MR) is 120 cm³/mol. The van der Waals surface area contributed by atoms with Gasteiger partial charge in [-0.05, 0) is 57.4 Å². The van der Waals surface area contributed by atoms with E-state index in [9.17, 15) is 18.3 Å². The topological polar surface area (TPSA) is 42.3 Å². The summed E-state index contributed by atoms with van der Waals surface area (Å²) < 4.78 is 42.2. The van der Waals surface area contributed by atoms with Crippen LogP contribution in [0.5, 0.6) is 0 Å². The van der Waals surface area contributed by atoms with Crippen LogP contribution in [0.4, 0.5) is 18.9 Å². The fourth-order valence-electron chi connectivity index (χ4n) is 4.99. The van der Waals surface area contributed by atoms with Gasteiger partial charge in [-0.1, -0.05) is 6.07 Å². The third-order valence-corrected chi connectivity index (χ3v) is 6.91. The molecular formula is C24H33F3N4O. The first-order valence-electron chi connectivity index (χ1n) is 11.4. The van der Waals surface area contributed by atoms with Crippen molar-refractivity contribution < 1.29 is 18.3 Å². The summed E-state index contributed by atoms with van der Waals surface area (Å²) in [5.74, 6) is -2.90. The largest absolute Gasteiger partial charge is 0.386 e. The van der Waals surface area contributed by atoms with Crippen LogP contribution >= 0.6 is 0 Å². The van der Waals surface area contributed by atoms with Gasteiger partial charge in [0.25, 0.3) is 0 Å². The van der Waals surface area contributed by atoms with E-state index in [1.165, 1.54) is 6.07 Å². The molecule has 1 saturated carbocycles. The molecule has 32 heavy (non-hydrogen) atoms. The minimum absolute atomic E-state index is 0.0466. The molecule has 0 aromatic heterocycles. The maximum Gasteiger partial charge on any atom is 0.248 e. The average molecular weight is 451 g/mol. The molecule has 4 rings (SSSR count). The number of aliphatic hydroxyl groups is 1. The van der Waals surface area contributed by atoms with Crippen molar-refractivity contribution in [3.63, 3.8) is 0 Å². The molecule has 0 amide bonds. The van der Waals surface area contributed by atoms with E-state index in [0.717, 1.165) is 0 Å². The first-order chi connectivity index (χ1) is 15.0. The van der Waals surface area contributed by atoms with Gasteiger partial charge in [0.2, 0.25) is 5.92 Å². The smallest absolute Gasteiger partial charge is 0.248 e. The van der Waals surface area contributed by atoms with Crippen LogP contribution in [0, 0.1) is 5.82 Å². The van der Waals surface area contributed by atoms with Crippen molar-refractivity contribution >= 4 is 11.9 Å². The first kappa shape index (κ1) is 23.1. The Hall–Kier alpha value is -2.06. The molecule has 1 saturated heterocycles. The van der Waals surface area contributed by atoms with Gasteiger partial charge in [-0.2, -0.15) is 0 Å². The molecule has 176 valence electrons. The van der Waals surface area contributed by atoms with Crippen molar-refractivity contribution in [2.45, 2.75) is 76.4 Å².